The van der Waals surface area contributed by atoms with Crippen molar-refractivity contribution in [2.24, 2.45) is 0 Å². The molecule has 10 aromatic rings. The van der Waals surface area contributed by atoms with Crippen LogP contribution in [-0.2, 0) is 0 Å². The molecule has 0 saturated heterocycles. The van der Waals surface area contributed by atoms with Crippen molar-refractivity contribution < 1.29 is 0 Å². The normalized spacial score (nSPS) is 11.2. The van der Waals surface area contributed by atoms with E-state index in [0.29, 0.717) is 0 Å². The van der Waals surface area contributed by atoms with Gasteiger partial charge in [0, 0.05) is 33.9 Å². The lowest BCUT2D eigenvalue weighted by molar-refractivity contribution is 1.28. The maximum Gasteiger partial charge on any atom is 0.0540 e. The summed E-state index contributed by atoms with van der Waals surface area (Å²) in [4.78, 5) is 4.72. The minimum Gasteiger partial charge on any atom is -0.310 e. The monoisotopic (exact) mass is 832 g/mol. The number of nitrogens with zero attached hydrogens (tertiary/aromatic N) is 2. The summed E-state index contributed by atoms with van der Waals surface area (Å²) in [6, 6.07) is 89.1. The number of anilines is 6. The molecule has 0 N–H and O–H groups in total. The molecular weight excluding hydrogens is 785 g/mol. The zero-order valence-electron chi connectivity index (χ0n) is 36.4. The van der Waals surface area contributed by atoms with Crippen molar-refractivity contribution in [3.63, 3.8) is 0 Å². The van der Waals surface area contributed by atoms with Crippen LogP contribution in [0.2, 0.25) is 0 Å². The second-order valence-corrected chi connectivity index (χ2v) is 16.1. The van der Waals surface area contributed by atoms with E-state index in [9.17, 15) is 0 Å². The molecule has 65 heavy (non-hydrogen) atoms. The molecule has 0 aromatic heterocycles. The summed E-state index contributed by atoms with van der Waals surface area (Å²) < 4.78 is 0. The number of hydrogen-bond donors (Lipinski definition) is 0. The van der Waals surface area contributed by atoms with Crippen molar-refractivity contribution in [1.82, 2.24) is 0 Å². The summed E-state index contributed by atoms with van der Waals surface area (Å²) in [5, 5.41) is 2.50. The van der Waals surface area contributed by atoms with E-state index in [4.69, 9.17) is 0 Å². The van der Waals surface area contributed by atoms with Crippen molar-refractivity contribution in [3.8, 4) is 33.4 Å². The highest BCUT2D eigenvalue weighted by Gasteiger charge is 2.20. The number of hydrogen-bond acceptors (Lipinski definition) is 2. The summed E-state index contributed by atoms with van der Waals surface area (Å²) in [7, 11) is 0. The fourth-order valence-electron chi connectivity index (χ4n) is 8.99. The van der Waals surface area contributed by atoms with Gasteiger partial charge in [-0.15, -0.1) is 0 Å². The molecular formula is C63H48N2. The SMILES string of the molecule is C=C(c1ccc(N(c2ccccc2)c2ccccc2-c2ccc(-c3ccccc3N(c3ccccc3)c3ccc(-c4cccc5ccccc45)cc3)cc2)cc1)c1ccccc1/C=C\C. The van der Waals surface area contributed by atoms with Crippen LogP contribution in [0, 0.1) is 0 Å². The average Bonchev–Trinajstić information content (AvgIpc) is 3.38. The van der Waals surface area contributed by atoms with E-state index in [-0.39, 0.29) is 0 Å². The molecule has 0 aliphatic carbocycles. The van der Waals surface area contributed by atoms with Crippen molar-refractivity contribution in [2.45, 2.75) is 6.92 Å². The average molecular weight is 833 g/mol. The molecule has 0 unspecified atom stereocenters. The Morgan fingerprint density at radius 1 is 0.369 bits per heavy atom. The molecule has 10 aromatic carbocycles. The molecule has 0 spiro atoms. The minimum atomic E-state index is 1.00. The highest BCUT2D eigenvalue weighted by Crippen LogP contribution is 2.44. The van der Waals surface area contributed by atoms with Crippen LogP contribution in [0.3, 0.4) is 0 Å². The van der Waals surface area contributed by atoms with Crippen molar-refractivity contribution in [2.75, 3.05) is 9.80 Å². The van der Waals surface area contributed by atoms with E-state index in [0.717, 1.165) is 78.6 Å². The summed E-state index contributed by atoms with van der Waals surface area (Å²) in [6.07, 6.45) is 4.21. The minimum absolute atomic E-state index is 1.00. The summed E-state index contributed by atoms with van der Waals surface area (Å²) in [5.41, 5.74) is 17.9. The molecule has 0 saturated carbocycles. The van der Waals surface area contributed by atoms with Crippen LogP contribution in [0.1, 0.15) is 23.6 Å². The highest BCUT2D eigenvalue weighted by molar-refractivity contribution is 5.97. The second kappa shape index (κ2) is 18.5. The first kappa shape index (κ1) is 40.6. The Morgan fingerprint density at radius 2 is 0.785 bits per heavy atom. The maximum atomic E-state index is 4.53. The summed E-state index contributed by atoms with van der Waals surface area (Å²) in [6.45, 7) is 6.58. The number of fused-ring (bicyclic) bond motifs is 1. The maximum absolute atomic E-state index is 4.53. The third-order valence-electron chi connectivity index (χ3n) is 12.2. The van der Waals surface area contributed by atoms with Gasteiger partial charge in [0.15, 0.2) is 0 Å². The summed E-state index contributed by atoms with van der Waals surface area (Å²) >= 11 is 0. The van der Waals surface area contributed by atoms with E-state index in [1.807, 2.05) is 6.92 Å². The Hall–Kier alpha value is -8.46. The van der Waals surface area contributed by atoms with Gasteiger partial charge >= 0.3 is 0 Å². The van der Waals surface area contributed by atoms with E-state index in [1.54, 1.807) is 0 Å². The van der Waals surface area contributed by atoms with Gasteiger partial charge in [0.2, 0.25) is 0 Å². The first-order valence-corrected chi connectivity index (χ1v) is 22.2. The number of rotatable bonds is 12. The predicted octanol–water partition coefficient (Wildman–Crippen LogP) is 17.9. The largest absolute Gasteiger partial charge is 0.310 e. The van der Waals surface area contributed by atoms with Crippen molar-refractivity contribution >= 4 is 56.5 Å². The van der Waals surface area contributed by atoms with Gasteiger partial charge < -0.3 is 9.80 Å². The quantitative estimate of drug-likeness (QED) is 0.121. The van der Waals surface area contributed by atoms with Gasteiger partial charge in [0.1, 0.15) is 0 Å². The first-order valence-electron chi connectivity index (χ1n) is 22.2. The lowest BCUT2D eigenvalue weighted by atomic mass is 9.94. The molecule has 310 valence electrons. The van der Waals surface area contributed by atoms with E-state index >= 15 is 0 Å². The number of para-hydroxylation sites is 4. The van der Waals surface area contributed by atoms with Crippen molar-refractivity contribution in [1.29, 1.82) is 0 Å². The molecule has 0 bridgehead atoms. The van der Waals surface area contributed by atoms with Crippen LogP contribution in [0.15, 0.2) is 261 Å². The molecule has 0 radical (unpaired) electrons. The fourth-order valence-corrected chi connectivity index (χ4v) is 8.99. The number of allylic oxidation sites excluding steroid dienone is 1. The molecule has 2 heteroatoms. The highest BCUT2D eigenvalue weighted by atomic mass is 15.1. The first-order chi connectivity index (χ1) is 32.1. The van der Waals surface area contributed by atoms with Crippen LogP contribution in [0.5, 0.6) is 0 Å². The molecule has 2 nitrogen and oxygen atoms in total. The van der Waals surface area contributed by atoms with Gasteiger partial charge in [-0.3, -0.25) is 0 Å². The van der Waals surface area contributed by atoms with E-state index < -0.39 is 0 Å². The van der Waals surface area contributed by atoms with Crippen LogP contribution < -0.4 is 9.80 Å². The Balaban J connectivity index is 0.995. The Kier molecular flexibility index (Phi) is 11.5. The Bertz CT molecular complexity index is 3250. The molecule has 10 rings (SSSR count). The topological polar surface area (TPSA) is 6.48 Å². The van der Waals surface area contributed by atoms with E-state index in [1.165, 1.54) is 21.9 Å². The van der Waals surface area contributed by atoms with Crippen molar-refractivity contribution in [3.05, 3.63) is 278 Å². The molecule has 0 fully saturated rings. The van der Waals surface area contributed by atoms with Crippen LogP contribution in [0.25, 0.3) is 55.8 Å². The van der Waals surface area contributed by atoms with Gasteiger partial charge in [-0.25, -0.2) is 0 Å². The molecule has 0 atom stereocenters. The van der Waals surface area contributed by atoms with E-state index in [2.05, 4.69) is 277 Å². The second-order valence-electron chi connectivity index (χ2n) is 16.1. The predicted molar refractivity (Wildman–Crippen MR) is 279 cm³/mol. The molecule has 0 aliphatic rings. The van der Waals surface area contributed by atoms with Gasteiger partial charge in [-0.05, 0) is 123 Å². The standard InChI is InChI=1S/C63H48N2/c1-3-19-48-20-10-12-27-57(48)46(2)47-38-42-55(43-39-47)64(53-23-6-4-7-24-53)62-32-16-14-29-60(62)51-34-36-52(37-35-51)61-30-15-17-33-63(61)65(54-25-8-5-9-26-54)56-44-40-50(41-45-56)59-31-18-22-49-21-11-13-28-58(49)59/h3-45H,2H2,1H3/b19-3-. The zero-order chi connectivity index (χ0) is 44.0. The van der Waals surface area contributed by atoms with Gasteiger partial charge in [0.25, 0.3) is 0 Å². The van der Waals surface area contributed by atoms with Gasteiger partial charge in [-0.2, -0.15) is 0 Å². The third kappa shape index (κ3) is 8.29. The smallest absolute Gasteiger partial charge is 0.0540 e. The molecule has 0 aliphatic heterocycles. The zero-order valence-corrected chi connectivity index (χ0v) is 36.4. The Morgan fingerprint density at radius 3 is 1.37 bits per heavy atom. The van der Waals surface area contributed by atoms with Crippen LogP contribution in [-0.4, -0.2) is 0 Å². The summed E-state index contributed by atoms with van der Waals surface area (Å²) in [5.74, 6) is 0. The fraction of sp³-hybridized carbons (Fsp3) is 0.0159. The Labute approximate surface area is 383 Å². The third-order valence-corrected chi connectivity index (χ3v) is 12.2. The molecule has 0 heterocycles. The molecule has 0 amide bonds. The lowest BCUT2D eigenvalue weighted by Gasteiger charge is -2.28. The lowest BCUT2D eigenvalue weighted by Crippen LogP contribution is -2.11. The van der Waals surface area contributed by atoms with Gasteiger partial charge in [0.05, 0.1) is 11.4 Å². The van der Waals surface area contributed by atoms with Gasteiger partial charge in [-0.1, -0.05) is 207 Å². The van der Waals surface area contributed by atoms with Crippen LogP contribution >= 0.6 is 0 Å². The number of benzene rings is 10. The van der Waals surface area contributed by atoms with Crippen LogP contribution in [0.4, 0.5) is 34.1 Å².